The zero-order valence-corrected chi connectivity index (χ0v) is 13.5. The zero-order valence-electron chi connectivity index (χ0n) is 13.5. The Morgan fingerprint density at radius 2 is 2.05 bits per heavy atom. The van der Waals surface area contributed by atoms with E-state index >= 15 is 0 Å². The third kappa shape index (κ3) is 5.02. The Morgan fingerprint density at radius 3 is 2.73 bits per heavy atom. The number of aliphatic carboxylic acids is 1. The number of carbonyl (C=O) groups is 1. The van der Waals surface area contributed by atoms with Gasteiger partial charge in [0.15, 0.2) is 0 Å². The van der Waals surface area contributed by atoms with Crippen LogP contribution in [-0.4, -0.2) is 35.2 Å². The van der Waals surface area contributed by atoms with E-state index < -0.39 is 5.97 Å². The van der Waals surface area contributed by atoms with Crippen LogP contribution in [0.15, 0.2) is 24.3 Å². The van der Waals surface area contributed by atoms with Crippen molar-refractivity contribution in [3.05, 3.63) is 29.8 Å². The van der Waals surface area contributed by atoms with Crippen LogP contribution in [0.1, 0.15) is 51.0 Å². The molecule has 0 saturated carbocycles. The molecule has 1 aromatic rings. The Bertz CT molecular complexity index is 458. The summed E-state index contributed by atoms with van der Waals surface area (Å²) in [5, 5.41) is 9.31. The van der Waals surface area contributed by atoms with Gasteiger partial charge in [0.1, 0.15) is 11.8 Å². The van der Waals surface area contributed by atoms with E-state index in [2.05, 4.69) is 11.8 Å². The Hall–Kier alpha value is -1.55. The van der Waals surface area contributed by atoms with Crippen molar-refractivity contribution >= 4 is 5.97 Å². The Labute approximate surface area is 133 Å². The van der Waals surface area contributed by atoms with E-state index in [4.69, 9.17) is 4.74 Å². The molecule has 2 rings (SSSR count). The monoisotopic (exact) mass is 305 g/mol. The number of hydrogen-bond donors (Lipinski definition) is 1. The molecule has 4 nitrogen and oxygen atoms in total. The molecule has 1 fully saturated rings. The van der Waals surface area contributed by atoms with Crippen LogP contribution in [0.4, 0.5) is 0 Å². The predicted molar refractivity (Wildman–Crippen MR) is 87.1 cm³/mol. The summed E-state index contributed by atoms with van der Waals surface area (Å²) in [5.74, 6) is 0.198. The van der Waals surface area contributed by atoms with Crippen molar-refractivity contribution in [3.63, 3.8) is 0 Å². The fraction of sp³-hybridized carbons (Fsp3) is 0.611. The van der Waals surface area contributed by atoms with Gasteiger partial charge in [0.25, 0.3) is 0 Å². The minimum Gasteiger partial charge on any atom is -0.494 e. The minimum absolute atomic E-state index is 0.335. The lowest BCUT2D eigenvalue weighted by molar-refractivity contribution is -0.144. The van der Waals surface area contributed by atoms with Crippen molar-refractivity contribution in [2.75, 3.05) is 13.2 Å². The lowest BCUT2D eigenvalue weighted by Gasteiger charge is -2.32. The molecule has 122 valence electrons. The smallest absolute Gasteiger partial charge is 0.320 e. The van der Waals surface area contributed by atoms with Crippen molar-refractivity contribution in [3.8, 4) is 5.75 Å². The second-order valence-electron chi connectivity index (χ2n) is 6.02. The Morgan fingerprint density at radius 1 is 1.27 bits per heavy atom. The molecule has 1 aliphatic rings. The van der Waals surface area contributed by atoms with Gasteiger partial charge in [-0.25, -0.2) is 0 Å². The number of nitrogens with zero attached hydrogens (tertiary/aromatic N) is 1. The first-order chi connectivity index (χ1) is 10.7. The first kappa shape index (κ1) is 16.8. The molecule has 0 aliphatic carbocycles. The van der Waals surface area contributed by atoms with Gasteiger partial charge in [0, 0.05) is 6.54 Å². The summed E-state index contributed by atoms with van der Waals surface area (Å²) in [4.78, 5) is 13.4. The highest BCUT2D eigenvalue weighted by molar-refractivity contribution is 5.73. The van der Waals surface area contributed by atoms with Gasteiger partial charge in [0.2, 0.25) is 0 Å². The molecular weight excluding hydrogens is 278 g/mol. The van der Waals surface area contributed by atoms with Gasteiger partial charge < -0.3 is 9.84 Å². The number of ether oxygens (including phenoxy) is 1. The van der Waals surface area contributed by atoms with Crippen LogP contribution in [0.5, 0.6) is 5.75 Å². The van der Waals surface area contributed by atoms with Crippen LogP contribution < -0.4 is 4.74 Å². The number of likely N-dealkylation sites (tertiary alicyclic amines) is 1. The maximum Gasteiger partial charge on any atom is 0.320 e. The van der Waals surface area contributed by atoms with E-state index in [1.807, 2.05) is 24.3 Å². The number of piperidine rings is 1. The van der Waals surface area contributed by atoms with Crippen LogP contribution >= 0.6 is 0 Å². The molecule has 1 heterocycles. The Kier molecular flexibility index (Phi) is 6.72. The van der Waals surface area contributed by atoms with Gasteiger partial charge in [-0.1, -0.05) is 38.3 Å². The van der Waals surface area contributed by atoms with Crippen LogP contribution in [0.3, 0.4) is 0 Å². The lowest BCUT2D eigenvalue weighted by atomic mass is 10.0. The third-order valence-corrected chi connectivity index (χ3v) is 4.22. The summed E-state index contributed by atoms with van der Waals surface area (Å²) in [6.07, 6.45) is 6.34. The van der Waals surface area contributed by atoms with Crippen molar-refractivity contribution in [2.45, 2.75) is 58.0 Å². The molecular formula is C18H27NO3. The molecule has 0 spiro atoms. The molecule has 0 radical (unpaired) electrons. The molecule has 22 heavy (non-hydrogen) atoms. The topological polar surface area (TPSA) is 49.8 Å². The number of rotatable bonds is 8. The Balaban J connectivity index is 1.86. The normalized spacial score (nSPS) is 19.0. The largest absolute Gasteiger partial charge is 0.494 e. The maximum absolute atomic E-state index is 11.3. The predicted octanol–water partition coefficient (Wildman–Crippen LogP) is 3.69. The number of carboxylic acids is 1. The lowest BCUT2D eigenvalue weighted by Crippen LogP contribution is -2.43. The fourth-order valence-electron chi connectivity index (χ4n) is 2.93. The molecule has 4 heteroatoms. The van der Waals surface area contributed by atoms with E-state index in [9.17, 15) is 9.90 Å². The first-order valence-corrected chi connectivity index (χ1v) is 8.39. The SMILES string of the molecule is CCCCCOc1ccc(CN2CCCCC2C(=O)O)cc1. The third-order valence-electron chi connectivity index (χ3n) is 4.22. The van der Waals surface area contributed by atoms with Crippen molar-refractivity contribution in [2.24, 2.45) is 0 Å². The van der Waals surface area contributed by atoms with Crippen LogP contribution in [0.2, 0.25) is 0 Å². The fourth-order valence-corrected chi connectivity index (χ4v) is 2.93. The second kappa shape index (κ2) is 8.79. The van der Waals surface area contributed by atoms with E-state index in [1.54, 1.807) is 0 Å². The molecule has 1 aliphatic heterocycles. The van der Waals surface area contributed by atoms with Gasteiger partial charge in [0.05, 0.1) is 6.61 Å². The average Bonchev–Trinajstić information content (AvgIpc) is 2.53. The van der Waals surface area contributed by atoms with E-state index in [1.165, 1.54) is 12.8 Å². The summed E-state index contributed by atoms with van der Waals surface area (Å²) in [6.45, 7) is 4.51. The minimum atomic E-state index is -0.699. The molecule has 0 amide bonds. The van der Waals surface area contributed by atoms with Crippen molar-refractivity contribution < 1.29 is 14.6 Å². The highest BCUT2D eigenvalue weighted by Gasteiger charge is 2.28. The maximum atomic E-state index is 11.3. The van der Waals surface area contributed by atoms with Gasteiger partial charge in [-0.15, -0.1) is 0 Å². The van der Waals surface area contributed by atoms with E-state index in [0.717, 1.165) is 50.1 Å². The first-order valence-electron chi connectivity index (χ1n) is 8.39. The molecule has 1 saturated heterocycles. The van der Waals surface area contributed by atoms with Gasteiger partial charge in [-0.05, 0) is 43.5 Å². The van der Waals surface area contributed by atoms with E-state index in [-0.39, 0.29) is 6.04 Å². The molecule has 1 N–H and O–H groups in total. The second-order valence-corrected chi connectivity index (χ2v) is 6.02. The summed E-state index contributed by atoms with van der Waals surface area (Å²) < 4.78 is 5.70. The summed E-state index contributed by atoms with van der Waals surface area (Å²) in [6, 6.07) is 7.73. The molecule has 0 bridgehead atoms. The molecule has 1 atom stereocenters. The van der Waals surface area contributed by atoms with Gasteiger partial charge in [-0.3, -0.25) is 9.69 Å². The number of carboxylic acid groups (broad SMARTS) is 1. The highest BCUT2D eigenvalue weighted by atomic mass is 16.5. The van der Waals surface area contributed by atoms with Gasteiger partial charge in [-0.2, -0.15) is 0 Å². The average molecular weight is 305 g/mol. The number of unbranched alkanes of at least 4 members (excludes halogenated alkanes) is 2. The van der Waals surface area contributed by atoms with E-state index in [0.29, 0.717) is 6.54 Å². The number of benzene rings is 1. The molecule has 1 unspecified atom stereocenters. The standard InChI is InChI=1S/C18H27NO3/c1-2-3-6-13-22-16-10-8-15(9-11-16)14-19-12-5-4-7-17(19)18(20)21/h8-11,17H,2-7,12-14H2,1H3,(H,20,21). The quantitative estimate of drug-likeness (QED) is 0.744. The summed E-state index contributed by atoms with van der Waals surface area (Å²) in [7, 11) is 0. The van der Waals surface area contributed by atoms with Crippen LogP contribution in [0.25, 0.3) is 0 Å². The summed E-state index contributed by atoms with van der Waals surface area (Å²) in [5.41, 5.74) is 1.15. The van der Waals surface area contributed by atoms with Crippen molar-refractivity contribution in [1.82, 2.24) is 4.90 Å². The van der Waals surface area contributed by atoms with Gasteiger partial charge >= 0.3 is 5.97 Å². The van der Waals surface area contributed by atoms with Crippen LogP contribution in [0, 0.1) is 0 Å². The number of hydrogen-bond acceptors (Lipinski definition) is 3. The molecule has 1 aromatic carbocycles. The zero-order chi connectivity index (χ0) is 15.8. The van der Waals surface area contributed by atoms with Crippen LogP contribution in [-0.2, 0) is 11.3 Å². The molecule has 0 aromatic heterocycles. The summed E-state index contributed by atoms with van der Waals surface area (Å²) >= 11 is 0. The highest BCUT2D eigenvalue weighted by Crippen LogP contribution is 2.21. The van der Waals surface area contributed by atoms with Crippen molar-refractivity contribution in [1.29, 1.82) is 0 Å².